The molecule has 0 bridgehead atoms. The summed E-state index contributed by atoms with van der Waals surface area (Å²) in [5.74, 6) is 1.61. The van der Waals surface area contributed by atoms with Gasteiger partial charge in [0.2, 0.25) is 0 Å². The van der Waals surface area contributed by atoms with Crippen molar-refractivity contribution >= 4 is 35.1 Å². The number of nitrogens with zero attached hydrogens (tertiary/aromatic N) is 1. The van der Waals surface area contributed by atoms with Crippen molar-refractivity contribution in [1.82, 2.24) is 4.90 Å². The van der Waals surface area contributed by atoms with Crippen LogP contribution < -0.4 is 5.32 Å². The second-order valence-corrected chi connectivity index (χ2v) is 9.15. The average molecular weight is 403 g/mol. The monoisotopic (exact) mass is 402 g/mol. The van der Waals surface area contributed by atoms with E-state index in [1.807, 2.05) is 29.2 Å². The van der Waals surface area contributed by atoms with Crippen LogP contribution in [-0.4, -0.2) is 23.2 Å². The molecule has 1 saturated heterocycles. The number of halogens is 1. The number of para-hydroxylation sites is 1. The minimum absolute atomic E-state index is 0.00240. The van der Waals surface area contributed by atoms with E-state index in [1.165, 1.54) is 11.1 Å². The van der Waals surface area contributed by atoms with Gasteiger partial charge in [0.25, 0.3) is 0 Å². The van der Waals surface area contributed by atoms with Gasteiger partial charge in [-0.25, -0.2) is 4.79 Å². The van der Waals surface area contributed by atoms with Gasteiger partial charge in [0.1, 0.15) is 5.37 Å². The quantitative estimate of drug-likeness (QED) is 0.605. The Kier molecular flexibility index (Phi) is 6.38. The molecular weight excluding hydrogens is 376 g/mol. The van der Waals surface area contributed by atoms with Crippen LogP contribution in [0, 0.1) is 0 Å². The van der Waals surface area contributed by atoms with E-state index in [4.69, 9.17) is 11.6 Å². The van der Waals surface area contributed by atoms with E-state index < -0.39 is 0 Å². The first-order valence-electron chi connectivity index (χ1n) is 9.46. The van der Waals surface area contributed by atoms with Crippen molar-refractivity contribution in [2.45, 2.75) is 44.9 Å². The van der Waals surface area contributed by atoms with Gasteiger partial charge in [0.05, 0.1) is 0 Å². The first-order valence-corrected chi connectivity index (χ1v) is 10.9. The lowest BCUT2D eigenvalue weighted by atomic mass is 9.93. The zero-order valence-electron chi connectivity index (χ0n) is 16.3. The van der Waals surface area contributed by atoms with Crippen LogP contribution in [0.1, 0.15) is 61.6 Å². The smallest absolute Gasteiger partial charge is 0.308 e. The summed E-state index contributed by atoms with van der Waals surface area (Å²) in [6.07, 6.45) is 0. The van der Waals surface area contributed by atoms with Crippen molar-refractivity contribution < 1.29 is 4.79 Å². The van der Waals surface area contributed by atoms with Gasteiger partial charge in [-0.15, -0.1) is 11.8 Å². The fourth-order valence-corrected chi connectivity index (χ4v) is 4.93. The predicted molar refractivity (Wildman–Crippen MR) is 117 cm³/mol. The van der Waals surface area contributed by atoms with Crippen LogP contribution in [0.2, 0.25) is 5.02 Å². The van der Waals surface area contributed by atoms with Gasteiger partial charge >= 0.3 is 6.03 Å². The highest BCUT2D eigenvalue weighted by molar-refractivity contribution is 7.99. The predicted octanol–water partition coefficient (Wildman–Crippen LogP) is 6.87. The number of hydrogen-bond donors (Lipinski definition) is 1. The summed E-state index contributed by atoms with van der Waals surface area (Å²) in [6.45, 7) is 9.38. The molecule has 2 aromatic rings. The van der Waals surface area contributed by atoms with E-state index in [0.29, 0.717) is 16.9 Å². The zero-order valence-corrected chi connectivity index (χ0v) is 17.9. The second kappa shape index (κ2) is 8.57. The normalized spacial score (nSPS) is 17.0. The molecule has 0 radical (unpaired) electrons. The number of carbonyl (C=O) groups is 1. The first kappa shape index (κ1) is 20.1. The lowest BCUT2D eigenvalue weighted by Crippen LogP contribution is -2.35. The van der Waals surface area contributed by atoms with Crippen LogP contribution in [0.4, 0.5) is 10.5 Å². The molecule has 144 valence electrons. The van der Waals surface area contributed by atoms with Crippen molar-refractivity contribution in [2.75, 3.05) is 17.6 Å². The fraction of sp³-hybridized carbons (Fsp3) is 0.409. The topological polar surface area (TPSA) is 32.3 Å². The summed E-state index contributed by atoms with van der Waals surface area (Å²) in [7, 11) is 0. The van der Waals surface area contributed by atoms with Gasteiger partial charge in [-0.3, -0.25) is 0 Å². The van der Waals surface area contributed by atoms with Crippen molar-refractivity contribution in [3.05, 3.63) is 64.2 Å². The first-order chi connectivity index (χ1) is 12.9. The summed E-state index contributed by atoms with van der Waals surface area (Å²) in [4.78, 5) is 15.1. The number of anilines is 1. The highest BCUT2D eigenvalue weighted by Gasteiger charge is 2.31. The largest absolute Gasteiger partial charge is 0.323 e. The molecule has 3 nitrogen and oxygen atoms in total. The van der Waals surface area contributed by atoms with Crippen LogP contribution in [0.5, 0.6) is 0 Å². The molecule has 1 aliphatic heterocycles. The number of thioether (sulfide) groups is 1. The van der Waals surface area contributed by atoms with E-state index in [0.717, 1.165) is 23.5 Å². The molecule has 1 fully saturated rings. The Morgan fingerprint density at radius 2 is 1.74 bits per heavy atom. The van der Waals surface area contributed by atoms with Gasteiger partial charge in [-0.1, -0.05) is 69.6 Å². The summed E-state index contributed by atoms with van der Waals surface area (Å²) < 4.78 is 0. The average Bonchev–Trinajstić information content (AvgIpc) is 3.11. The summed E-state index contributed by atoms with van der Waals surface area (Å²) in [6, 6.07) is 14.1. The van der Waals surface area contributed by atoms with Crippen LogP contribution in [-0.2, 0) is 0 Å². The Hall–Kier alpha value is -1.65. The molecule has 1 heterocycles. The summed E-state index contributed by atoms with van der Waals surface area (Å²) >= 11 is 7.94. The molecule has 1 aliphatic rings. The molecule has 0 unspecified atom stereocenters. The van der Waals surface area contributed by atoms with Crippen LogP contribution in [0.3, 0.4) is 0 Å². The van der Waals surface area contributed by atoms with E-state index in [2.05, 4.69) is 51.2 Å². The Balaban J connectivity index is 1.89. The standard InChI is InChI=1S/C22H27ClN2OS/c1-14(2)18-9-6-10-19(15(3)4)20(18)24-22(26)25-11-12-27-21(25)16-7-5-8-17(23)13-16/h5-10,13-15,21H,11-12H2,1-4H3,(H,24,26)/t21-/m0/s1. The van der Waals surface area contributed by atoms with Crippen molar-refractivity contribution in [1.29, 1.82) is 0 Å². The summed E-state index contributed by atoms with van der Waals surface area (Å²) in [5.41, 5.74) is 4.40. The molecule has 27 heavy (non-hydrogen) atoms. The number of urea groups is 1. The SMILES string of the molecule is CC(C)c1cccc(C(C)C)c1NC(=O)N1CCS[C@H]1c1cccc(Cl)c1. The van der Waals surface area contributed by atoms with Crippen molar-refractivity contribution in [3.63, 3.8) is 0 Å². The van der Waals surface area contributed by atoms with E-state index in [-0.39, 0.29) is 11.4 Å². The number of nitrogens with one attached hydrogen (secondary N) is 1. The Bertz CT molecular complexity index is 795. The molecule has 5 heteroatoms. The van der Waals surface area contributed by atoms with Gasteiger partial charge in [0.15, 0.2) is 0 Å². The molecule has 2 aromatic carbocycles. The van der Waals surface area contributed by atoms with Gasteiger partial charge in [-0.05, 0) is 40.7 Å². The minimum atomic E-state index is -0.0417. The molecule has 1 atom stereocenters. The van der Waals surface area contributed by atoms with Gasteiger partial charge < -0.3 is 10.2 Å². The maximum atomic E-state index is 13.2. The molecule has 0 aliphatic carbocycles. The lowest BCUT2D eigenvalue weighted by molar-refractivity contribution is 0.214. The van der Waals surface area contributed by atoms with Gasteiger partial charge in [0, 0.05) is 23.0 Å². The number of rotatable bonds is 4. The van der Waals surface area contributed by atoms with E-state index >= 15 is 0 Å². The fourth-order valence-electron chi connectivity index (χ4n) is 3.49. The minimum Gasteiger partial charge on any atom is -0.308 e. The molecule has 1 N–H and O–H groups in total. The van der Waals surface area contributed by atoms with Crippen molar-refractivity contribution in [3.8, 4) is 0 Å². The van der Waals surface area contributed by atoms with E-state index in [9.17, 15) is 4.79 Å². The molecule has 0 aromatic heterocycles. The maximum Gasteiger partial charge on any atom is 0.323 e. The highest BCUT2D eigenvalue weighted by atomic mass is 35.5. The Labute approximate surface area is 171 Å². The Morgan fingerprint density at radius 3 is 2.33 bits per heavy atom. The lowest BCUT2D eigenvalue weighted by Gasteiger charge is -2.27. The molecular formula is C22H27ClN2OS. The third-order valence-corrected chi connectivity index (χ3v) is 6.39. The highest BCUT2D eigenvalue weighted by Crippen LogP contribution is 2.40. The third kappa shape index (κ3) is 4.44. The van der Waals surface area contributed by atoms with Crippen LogP contribution in [0.25, 0.3) is 0 Å². The molecule has 0 spiro atoms. The maximum absolute atomic E-state index is 13.2. The zero-order chi connectivity index (χ0) is 19.6. The molecule has 3 rings (SSSR count). The number of benzene rings is 2. The number of amides is 2. The number of hydrogen-bond acceptors (Lipinski definition) is 2. The second-order valence-electron chi connectivity index (χ2n) is 7.52. The summed E-state index contributed by atoms with van der Waals surface area (Å²) in [5, 5.41) is 3.94. The number of carbonyl (C=O) groups excluding carboxylic acids is 1. The van der Waals surface area contributed by atoms with Crippen LogP contribution >= 0.6 is 23.4 Å². The molecule has 0 saturated carbocycles. The van der Waals surface area contributed by atoms with Crippen LogP contribution in [0.15, 0.2) is 42.5 Å². The molecule has 2 amide bonds. The Morgan fingerprint density at radius 1 is 1.11 bits per heavy atom. The van der Waals surface area contributed by atoms with Crippen molar-refractivity contribution in [2.24, 2.45) is 0 Å². The van der Waals surface area contributed by atoms with E-state index in [1.54, 1.807) is 11.8 Å². The van der Waals surface area contributed by atoms with Gasteiger partial charge in [-0.2, -0.15) is 0 Å². The third-order valence-electron chi connectivity index (χ3n) is 4.89.